The summed E-state index contributed by atoms with van der Waals surface area (Å²) in [7, 11) is 1.38. The van der Waals surface area contributed by atoms with Gasteiger partial charge in [0.15, 0.2) is 0 Å². The van der Waals surface area contributed by atoms with E-state index in [4.69, 9.17) is 9.47 Å². The van der Waals surface area contributed by atoms with Gasteiger partial charge in [-0.1, -0.05) is 0 Å². The molecule has 1 atom stereocenters. The normalized spacial score (nSPS) is 16.9. The Balaban J connectivity index is 2.64. The lowest BCUT2D eigenvalue weighted by Gasteiger charge is -2.33. The van der Waals surface area contributed by atoms with E-state index in [0.717, 1.165) is 5.75 Å². The Bertz CT molecular complexity index is 470. The third-order valence-corrected chi connectivity index (χ3v) is 4.58. The highest BCUT2D eigenvalue weighted by Crippen LogP contribution is 2.20. The Morgan fingerprint density at radius 1 is 1.24 bits per heavy atom. The van der Waals surface area contributed by atoms with Crippen molar-refractivity contribution < 1.29 is 23.9 Å². The fourth-order valence-electron chi connectivity index (χ4n) is 2.67. The van der Waals surface area contributed by atoms with Gasteiger partial charge in [-0.15, -0.1) is 0 Å². The number of hydrogen-bond acceptors (Lipinski definition) is 6. The second-order valence-corrected chi connectivity index (χ2v) is 8.09. The first-order valence-corrected chi connectivity index (χ1v) is 9.92. The maximum absolute atomic E-state index is 12.8. The number of alkyl carbamates (subject to hydrolysis) is 1. The third kappa shape index (κ3) is 7.54. The van der Waals surface area contributed by atoms with E-state index < -0.39 is 17.7 Å². The molecule has 144 valence electrons. The molecule has 0 aliphatic carbocycles. The van der Waals surface area contributed by atoms with E-state index in [1.807, 2.05) is 6.26 Å². The van der Waals surface area contributed by atoms with Crippen molar-refractivity contribution in [3.8, 4) is 0 Å². The van der Waals surface area contributed by atoms with Crippen LogP contribution in [0.1, 0.15) is 40.0 Å². The fraction of sp³-hybridized carbons (Fsp3) is 0.824. The average molecular weight is 375 g/mol. The van der Waals surface area contributed by atoms with Gasteiger partial charge in [0.05, 0.1) is 13.0 Å². The van der Waals surface area contributed by atoms with Crippen molar-refractivity contribution >= 4 is 29.7 Å². The van der Waals surface area contributed by atoms with E-state index in [0.29, 0.717) is 32.4 Å². The van der Waals surface area contributed by atoms with E-state index in [-0.39, 0.29) is 17.8 Å². The van der Waals surface area contributed by atoms with Crippen LogP contribution < -0.4 is 5.32 Å². The van der Waals surface area contributed by atoms with Gasteiger partial charge in [0.2, 0.25) is 5.91 Å². The summed E-state index contributed by atoms with van der Waals surface area (Å²) in [4.78, 5) is 38.1. The van der Waals surface area contributed by atoms with Gasteiger partial charge in [0.25, 0.3) is 0 Å². The van der Waals surface area contributed by atoms with Crippen molar-refractivity contribution in [1.82, 2.24) is 10.2 Å². The molecule has 0 spiro atoms. The first-order valence-electron chi connectivity index (χ1n) is 8.53. The summed E-state index contributed by atoms with van der Waals surface area (Å²) >= 11 is 1.62. The Labute approximate surface area is 154 Å². The number of methoxy groups -OCH3 is 1. The molecule has 1 fully saturated rings. The number of piperidine rings is 1. The molecule has 1 heterocycles. The number of hydrogen-bond donors (Lipinski definition) is 1. The topological polar surface area (TPSA) is 84.9 Å². The molecular weight excluding hydrogens is 344 g/mol. The molecule has 1 aliphatic heterocycles. The molecule has 1 unspecified atom stereocenters. The van der Waals surface area contributed by atoms with Crippen molar-refractivity contribution in [3.63, 3.8) is 0 Å². The van der Waals surface area contributed by atoms with E-state index in [9.17, 15) is 14.4 Å². The average Bonchev–Trinajstić information content (AvgIpc) is 2.55. The minimum Gasteiger partial charge on any atom is -0.469 e. The molecule has 1 rings (SSSR count). The van der Waals surface area contributed by atoms with Crippen molar-refractivity contribution in [3.05, 3.63) is 0 Å². The Morgan fingerprint density at radius 2 is 1.84 bits per heavy atom. The van der Waals surface area contributed by atoms with Crippen LogP contribution in [0.25, 0.3) is 0 Å². The number of carbonyl (C=O) groups excluding carboxylic acids is 3. The lowest BCUT2D eigenvalue weighted by Crippen LogP contribution is -2.52. The van der Waals surface area contributed by atoms with Crippen molar-refractivity contribution in [2.45, 2.75) is 51.7 Å². The molecule has 1 aliphatic rings. The number of amides is 2. The molecular formula is C17H30N2O5S. The van der Waals surface area contributed by atoms with Gasteiger partial charge in [-0.05, 0) is 52.0 Å². The molecule has 2 amide bonds. The third-order valence-electron chi connectivity index (χ3n) is 3.94. The maximum Gasteiger partial charge on any atom is 0.408 e. The first-order chi connectivity index (χ1) is 11.7. The summed E-state index contributed by atoms with van der Waals surface area (Å²) in [5, 5.41) is 2.69. The van der Waals surface area contributed by atoms with Crippen LogP contribution in [0.5, 0.6) is 0 Å². The van der Waals surface area contributed by atoms with Gasteiger partial charge in [-0.2, -0.15) is 11.8 Å². The lowest BCUT2D eigenvalue weighted by molar-refractivity contribution is -0.149. The van der Waals surface area contributed by atoms with Crippen LogP contribution in [-0.4, -0.2) is 66.7 Å². The van der Waals surface area contributed by atoms with E-state index in [2.05, 4.69) is 5.32 Å². The highest BCUT2D eigenvalue weighted by molar-refractivity contribution is 7.98. The second-order valence-electron chi connectivity index (χ2n) is 7.10. The molecule has 0 aromatic rings. The monoisotopic (exact) mass is 374 g/mol. The van der Waals surface area contributed by atoms with Crippen molar-refractivity contribution in [2.24, 2.45) is 5.92 Å². The first kappa shape index (κ1) is 21.6. The summed E-state index contributed by atoms with van der Waals surface area (Å²) < 4.78 is 10.0. The number of nitrogens with one attached hydrogen (secondary N) is 1. The van der Waals surface area contributed by atoms with E-state index in [1.165, 1.54) is 7.11 Å². The largest absolute Gasteiger partial charge is 0.469 e. The molecule has 25 heavy (non-hydrogen) atoms. The van der Waals surface area contributed by atoms with Crippen molar-refractivity contribution in [1.29, 1.82) is 0 Å². The van der Waals surface area contributed by atoms with Crippen LogP contribution in [0.15, 0.2) is 0 Å². The van der Waals surface area contributed by atoms with Gasteiger partial charge >= 0.3 is 12.1 Å². The Kier molecular flexibility index (Phi) is 8.55. The number of rotatable bonds is 6. The molecule has 1 N–H and O–H groups in total. The van der Waals surface area contributed by atoms with Crippen LogP contribution in [0, 0.1) is 5.92 Å². The zero-order valence-corrected chi connectivity index (χ0v) is 16.6. The van der Waals surface area contributed by atoms with Gasteiger partial charge in [-0.3, -0.25) is 9.59 Å². The second kappa shape index (κ2) is 9.89. The van der Waals surface area contributed by atoms with Gasteiger partial charge in [0, 0.05) is 13.1 Å². The standard InChI is InChI=1S/C17H30N2O5S/c1-17(2,3)24-16(22)18-13(8-11-25-5)14(20)19-9-6-12(7-10-19)15(21)23-4/h12-13H,6-11H2,1-5H3,(H,18,22). The van der Waals surface area contributed by atoms with Crippen molar-refractivity contribution in [2.75, 3.05) is 32.2 Å². The molecule has 0 saturated carbocycles. The smallest absolute Gasteiger partial charge is 0.408 e. The summed E-state index contributed by atoms with van der Waals surface area (Å²) in [6.07, 6.45) is 3.07. The summed E-state index contributed by atoms with van der Waals surface area (Å²) in [6.45, 7) is 6.32. The highest BCUT2D eigenvalue weighted by Gasteiger charge is 2.32. The molecule has 7 nitrogen and oxygen atoms in total. The fourth-order valence-corrected chi connectivity index (χ4v) is 3.14. The van der Waals surface area contributed by atoms with Gasteiger partial charge in [-0.25, -0.2) is 4.79 Å². The molecule has 0 radical (unpaired) electrons. The van der Waals surface area contributed by atoms with Crippen LogP contribution in [0.4, 0.5) is 4.79 Å². The van der Waals surface area contributed by atoms with Gasteiger partial charge < -0.3 is 19.7 Å². The Hall–Kier alpha value is -1.44. The predicted octanol–water partition coefficient (Wildman–Crippen LogP) is 2.04. The summed E-state index contributed by atoms with van der Waals surface area (Å²) in [6, 6.07) is -0.614. The quantitative estimate of drug-likeness (QED) is 0.716. The number of likely N-dealkylation sites (tertiary alicyclic amines) is 1. The number of thioether (sulfide) groups is 1. The Morgan fingerprint density at radius 3 is 2.32 bits per heavy atom. The molecule has 0 aromatic carbocycles. The van der Waals surface area contributed by atoms with Crippen LogP contribution >= 0.6 is 11.8 Å². The SMILES string of the molecule is COC(=O)C1CCN(C(=O)C(CCSC)NC(=O)OC(C)(C)C)CC1. The van der Waals surface area contributed by atoms with E-state index in [1.54, 1.807) is 37.4 Å². The van der Waals surface area contributed by atoms with Crippen LogP contribution in [0.2, 0.25) is 0 Å². The highest BCUT2D eigenvalue weighted by atomic mass is 32.2. The van der Waals surface area contributed by atoms with Gasteiger partial charge in [0.1, 0.15) is 11.6 Å². The number of esters is 1. The molecule has 0 bridgehead atoms. The lowest BCUT2D eigenvalue weighted by atomic mass is 9.96. The number of carbonyl (C=O) groups is 3. The molecule has 1 saturated heterocycles. The maximum atomic E-state index is 12.8. The van der Waals surface area contributed by atoms with Crippen LogP contribution in [0.3, 0.4) is 0 Å². The molecule has 0 aromatic heterocycles. The molecule has 8 heteroatoms. The zero-order valence-electron chi connectivity index (χ0n) is 15.8. The van der Waals surface area contributed by atoms with E-state index >= 15 is 0 Å². The zero-order chi connectivity index (χ0) is 19.0. The predicted molar refractivity (Wildman–Crippen MR) is 97.5 cm³/mol. The number of nitrogens with zero attached hydrogens (tertiary/aromatic N) is 1. The summed E-state index contributed by atoms with van der Waals surface area (Å²) in [5.74, 6) is 0.254. The minimum absolute atomic E-state index is 0.122. The number of ether oxygens (including phenoxy) is 2. The minimum atomic E-state index is -0.615. The van der Waals surface area contributed by atoms with Crippen LogP contribution in [-0.2, 0) is 19.1 Å². The summed E-state index contributed by atoms with van der Waals surface area (Å²) in [5.41, 5.74) is -0.615.